The molecule has 0 aliphatic carbocycles. The van der Waals surface area contributed by atoms with Crippen LogP contribution < -0.4 is 0 Å². The molecule has 1 rings (SSSR count). The quantitative estimate of drug-likeness (QED) is 0.413. The van der Waals surface area contributed by atoms with E-state index in [0.717, 1.165) is 3.93 Å². The second-order valence-electron chi connectivity index (χ2n) is 4.63. The number of nitrogens with zero attached hydrogens (tertiary/aromatic N) is 3. The van der Waals surface area contributed by atoms with Crippen LogP contribution in [0.3, 0.4) is 0 Å². The van der Waals surface area contributed by atoms with Gasteiger partial charge in [-0.2, -0.15) is 0 Å². The molecule has 1 aliphatic rings. The molecule has 9 nitrogen and oxygen atoms in total. The number of azo groups is 1. The van der Waals surface area contributed by atoms with Crippen LogP contribution in [0.25, 0.3) is 0 Å². The van der Waals surface area contributed by atoms with Crippen LogP contribution in [0.2, 0.25) is 0 Å². The fourth-order valence-corrected chi connectivity index (χ4v) is 1.44. The van der Waals surface area contributed by atoms with Crippen LogP contribution in [-0.4, -0.2) is 40.1 Å². The molecule has 1 aliphatic heterocycles. The third-order valence-corrected chi connectivity index (χ3v) is 2.67. The standard InChI is InChI=1S/C8H14N2O4.C4H4BrNO2/c1-5(2)13-7(11)9-10-8(12)14-6(3)4;5-6-3(7)1-2-4(6)8/h5-6H,1-4H3;1-2H2. The second-order valence-corrected chi connectivity index (χ2v) is 5.34. The third kappa shape index (κ3) is 9.16. The van der Waals surface area contributed by atoms with E-state index in [2.05, 4.69) is 35.8 Å². The fourth-order valence-electron chi connectivity index (χ4n) is 1.08. The normalized spacial score (nSPS) is 14.4. The number of hydrogen-bond donors (Lipinski definition) is 0. The van der Waals surface area contributed by atoms with Crippen molar-refractivity contribution in [1.29, 1.82) is 0 Å². The van der Waals surface area contributed by atoms with E-state index in [1.165, 1.54) is 0 Å². The Kier molecular flexibility index (Phi) is 9.15. The van der Waals surface area contributed by atoms with Gasteiger partial charge in [0, 0.05) is 12.8 Å². The predicted molar refractivity (Wildman–Crippen MR) is 78.1 cm³/mol. The van der Waals surface area contributed by atoms with Gasteiger partial charge in [0.1, 0.15) is 0 Å². The van der Waals surface area contributed by atoms with Gasteiger partial charge in [-0.25, -0.2) is 13.5 Å². The van der Waals surface area contributed by atoms with Crippen LogP contribution in [0.15, 0.2) is 10.2 Å². The lowest BCUT2D eigenvalue weighted by atomic mass is 10.4. The van der Waals surface area contributed by atoms with Crippen molar-refractivity contribution in [2.24, 2.45) is 10.2 Å². The molecule has 0 saturated carbocycles. The molecule has 4 amide bonds. The van der Waals surface area contributed by atoms with Crippen LogP contribution in [0, 0.1) is 0 Å². The Bertz CT molecular complexity index is 424. The fraction of sp³-hybridized carbons (Fsp3) is 0.667. The average molecular weight is 380 g/mol. The molecular weight excluding hydrogens is 362 g/mol. The molecule has 10 heteroatoms. The molecule has 0 radical (unpaired) electrons. The van der Waals surface area contributed by atoms with Crippen molar-refractivity contribution in [1.82, 2.24) is 3.93 Å². The highest BCUT2D eigenvalue weighted by Gasteiger charge is 2.26. The van der Waals surface area contributed by atoms with Crippen molar-refractivity contribution in [3.63, 3.8) is 0 Å². The second kappa shape index (κ2) is 9.98. The van der Waals surface area contributed by atoms with Crippen LogP contribution in [0.4, 0.5) is 9.59 Å². The van der Waals surface area contributed by atoms with Gasteiger partial charge in [-0.05, 0) is 27.7 Å². The Hall–Kier alpha value is -1.84. The maximum absolute atomic E-state index is 10.8. The van der Waals surface area contributed by atoms with E-state index >= 15 is 0 Å². The molecule has 0 aromatic carbocycles. The first kappa shape index (κ1) is 20.2. The van der Waals surface area contributed by atoms with Gasteiger partial charge < -0.3 is 9.47 Å². The van der Waals surface area contributed by atoms with E-state index in [1.54, 1.807) is 27.7 Å². The van der Waals surface area contributed by atoms with E-state index in [0.29, 0.717) is 12.8 Å². The molecule has 0 spiro atoms. The zero-order valence-corrected chi connectivity index (χ0v) is 14.3. The van der Waals surface area contributed by atoms with Gasteiger partial charge >= 0.3 is 12.2 Å². The number of ether oxygens (including phenoxy) is 2. The lowest BCUT2D eigenvalue weighted by Gasteiger charge is -2.03. The van der Waals surface area contributed by atoms with Crippen molar-refractivity contribution in [3.8, 4) is 0 Å². The summed E-state index contributed by atoms with van der Waals surface area (Å²) in [6.45, 7) is 6.67. The van der Waals surface area contributed by atoms with Gasteiger partial charge in [-0.15, -0.1) is 0 Å². The third-order valence-electron chi connectivity index (χ3n) is 1.88. The van der Waals surface area contributed by atoms with Crippen molar-refractivity contribution >= 4 is 40.1 Å². The van der Waals surface area contributed by atoms with Gasteiger partial charge in [0.25, 0.3) is 0 Å². The zero-order valence-electron chi connectivity index (χ0n) is 12.7. The Morgan fingerprint density at radius 1 is 0.955 bits per heavy atom. The molecule has 0 aromatic rings. The Labute approximate surface area is 136 Å². The van der Waals surface area contributed by atoms with Gasteiger partial charge in [0.05, 0.1) is 28.4 Å². The SMILES string of the molecule is CC(C)OC(=O)N=NC(=O)OC(C)C.O=C1CCC(=O)N1Br. The molecule has 124 valence electrons. The van der Waals surface area contributed by atoms with Crippen molar-refractivity contribution in [2.45, 2.75) is 52.7 Å². The summed E-state index contributed by atoms with van der Waals surface area (Å²) < 4.78 is 10.2. The van der Waals surface area contributed by atoms with Crippen LogP contribution in [0.5, 0.6) is 0 Å². The number of imide groups is 1. The van der Waals surface area contributed by atoms with Gasteiger partial charge in [0.2, 0.25) is 11.8 Å². The predicted octanol–water partition coefficient (Wildman–Crippen LogP) is 2.97. The largest absolute Gasteiger partial charge is 0.452 e. The molecular formula is C12H18BrN3O6. The number of rotatable bonds is 2. The van der Waals surface area contributed by atoms with Crippen molar-refractivity contribution in [3.05, 3.63) is 0 Å². The summed E-state index contributed by atoms with van der Waals surface area (Å²) in [4.78, 5) is 42.4. The summed E-state index contributed by atoms with van der Waals surface area (Å²) in [5.41, 5.74) is 0. The average Bonchev–Trinajstić information content (AvgIpc) is 2.67. The number of carbonyl (C=O) groups is 4. The number of carbonyl (C=O) groups excluding carboxylic acids is 4. The minimum absolute atomic E-state index is 0.144. The summed E-state index contributed by atoms with van der Waals surface area (Å²) in [6.07, 6.45) is -1.68. The number of amides is 4. The maximum atomic E-state index is 10.8. The van der Waals surface area contributed by atoms with Gasteiger partial charge in [0.15, 0.2) is 0 Å². The van der Waals surface area contributed by atoms with Crippen molar-refractivity contribution in [2.75, 3.05) is 0 Å². The smallest absolute Gasteiger partial charge is 0.444 e. The highest BCUT2D eigenvalue weighted by Crippen LogP contribution is 2.14. The topological polar surface area (TPSA) is 115 Å². The molecule has 0 unspecified atom stereocenters. The minimum Gasteiger partial charge on any atom is -0.444 e. The van der Waals surface area contributed by atoms with Crippen molar-refractivity contribution < 1.29 is 28.7 Å². The van der Waals surface area contributed by atoms with Crippen LogP contribution in [-0.2, 0) is 19.1 Å². The Morgan fingerprint density at radius 3 is 1.45 bits per heavy atom. The van der Waals surface area contributed by atoms with Gasteiger partial charge in [-0.3, -0.25) is 9.59 Å². The van der Waals surface area contributed by atoms with E-state index in [-0.39, 0.29) is 24.0 Å². The first-order valence-corrected chi connectivity index (χ1v) is 7.19. The monoisotopic (exact) mass is 379 g/mol. The van der Waals surface area contributed by atoms with E-state index in [1.807, 2.05) is 0 Å². The molecule has 0 atom stereocenters. The van der Waals surface area contributed by atoms with E-state index in [9.17, 15) is 19.2 Å². The van der Waals surface area contributed by atoms with E-state index < -0.39 is 12.2 Å². The summed E-state index contributed by atoms with van der Waals surface area (Å²) in [5.74, 6) is -0.287. The minimum atomic E-state index is -0.902. The summed E-state index contributed by atoms with van der Waals surface area (Å²) in [7, 11) is 0. The number of hydrogen-bond acceptors (Lipinski definition) is 6. The molecule has 0 bridgehead atoms. The summed E-state index contributed by atoms with van der Waals surface area (Å²) in [5, 5.41) is 6.01. The molecule has 1 saturated heterocycles. The Morgan fingerprint density at radius 2 is 1.27 bits per heavy atom. The first-order chi connectivity index (χ1) is 10.1. The Balaban J connectivity index is 0.000000461. The highest BCUT2D eigenvalue weighted by atomic mass is 79.9. The molecule has 22 heavy (non-hydrogen) atoms. The lowest BCUT2D eigenvalue weighted by Crippen LogP contribution is -2.16. The number of halogens is 1. The summed E-state index contributed by atoms with van der Waals surface area (Å²) >= 11 is 2.80. The molecule has 1 heterocycles. The maximum Gasteiger partial charge on any atom is 0.452 e. The van der Waals surface area contributed by atoms with Crippen LogP contribution in [0.1, 0.15) is 40.5 Å². The van der Waals surface area contributed by atoms with Gasteiger partial charge in [-0.1, -0.05) is 10.2 Å². The van der Waals surface area contributed by atoms with Crippen LogP contribution >= 0.6 is 16.1 Å². The summed E-state index contributed by atoms with van der Waals surface area (Å²) in [6, 6.07) is 0. The zero-order chi connectivity index (χ0) is 17.3. The van der Waals surface area contributed by atoms with E-state index in [4.69, 9.17) is 0 Å². The first-order valence-electron chi connectivity index (χ1n) is 6.48. The lowest BCUT2D eigenvalue weighted by molar-refractivity contribution is -0.131. The molecule has 0 aromatic heterocycles. The highest BCUT2D eigenvalue weighted by molar-refractivity contribution is 9.08. The molecule has 1 fully saturated rings. The molecule has 0 N–H and O–H groups in total.